The number of nitrogens with one attached hydrogen (secondary N) is 2. The first-order valence-electron chi connectivity index (χ1n) is 8.44. The predicted molar refractivity (Wildman–Crippen MR) is 101 cm³/mol. The largest absolute Gasteiger partial charge is 0.444 e. The van der Waals surface area contributed by atoms with Crippen molar-refractivity contribution in [2.75, 3.05) is 5.32 Å². The number of ether oxygens (including phenoxy) is 1. The summed E-state index contributed by atoms with van der Waals surface area (Å²) in [6.45, 7) is 0.153. The monoisotopic (exact) mass is 348 g/mol. The Labute approximate surface area is 151 Å². The predicted octanol–water partition coefficient (Wildman–Crippen LogP) is 3.91. The summed E-state index contributed by atoms with van der Waals surface area (Å²) >= 11 is 0. The zero-order valence-electron chi connectivity index (χ0n) is 14.3. The van der Waals surface area contributed by atoms with E-state index >= 15 is 0 Å². The second-order valence-corrected chi connectivity index (χ2v) is 5.90. The number of H-pyrrole nitrogens is 1. The maximum atomic E-state index is 12.1. The molecule has 5 nitrogen and oxygen atoms in total. The van der Waals surface area contributed by atoms with Crippen LogP contribution in [0.4, 0.5) is 10.5 Å². The lowest BCUT2D eigenvalue weighted by Crippen LogP contribution is -2.21. The van der Waals surface area contributed by atoms with Crippen LogP contribution in [0.2, 0.25) is 0 Å². The van der Waals surface area contributed by atoms with Crippen LogP contribution in [0.15, 0.2) is 77.6 Å². The van der Waals surface area contributed by atoms with Gasteiger partial charge in [-0.05, 0) is 36.1 Å². The van der Waals surface area contributed by atoms with Gasteiger partial charge in [0, 0.05) is 5.69 Å². The molecular weight excluding hydrogens is 328 g/mol. The molecule has 0 fully saturated rings. The van der Waals surface area contributed by atoms with Gasteiger partial charge < -0.3 is 9.72 Å². The Bertz CT molecular complexity index is 905. The van der Waals surface area contributed by atoms with E-state index in [1.165, 1.54) is 5.56 Å². The maximum absolute atomic E-state index is 12.1. The van der Waals surface area contributed by atoms with Crippen molar-refractivity contribution in [1.29, 1.82) is 0 Å². The van der Waals surface area contributed by atoms with E-state index in [0.29, 0.717) is 0 Å². The van der Waals surface area contributed by atoms with Gasteiger partial charge >= 0.3 is 6.09 Å². The zero-order valence-corrected chi connectivity index (χ0v) is 14.3. The summed E-state index contributed by atoms with van der Waals surface area (Å²) in [5, 5.41) is 2.48. The van der Waals surface area contributed by atoms with E-state index in [4.69, 9.17) is 4.74 Å². The van der Waals surface area contributed by atoms with Crippen LogP contribution in [0.3, 0.4) is 0 Å². The van der Waals surface area contributed by atoms with Crippen LogP contribution in [0.25, 0.3) is 0 Å². The van der Waals surface area contributed by atoms with Gasteiger partial charge in [0.15, 0.2) is 0 Å². The summed E-state index contributed by atoms with van der Waals surface area (Å²) in [5.74, 6) is 0. The molecule has 132 valence electrons. The molecule has 0 saturated heterocycles. The van der Waals surface area contributed by atoms with E-state index in [2.05, 4.69) is 22.4 Å². The molecule has 0 atom stereocenters. The Morgan fingerprint density at radius 2 is 1.50 bits per heavy atom. The number of aryl methyl sites for hydroxylation is 2. The Morgan fingerprint density at radius 1 is 0.846 bits per heavy atom. The summed E-state index contributed by atoms with van der Waals surface area (Å²) < 4.78 is 5.12. The summed E-state index contributed by atoms with van der Waals surface area (Å²) in [4.78, 5) is 26.8. The quantitative estimate of drug-likeness (QED) is 0.709. The van der Waals surface area contributed by atoms with E-state index in [-0.39, 0.29) is 17.9 Å². The normalized spacial score (nSPS) is 10.3. The molecule has 5 heteroatoms. The van der Waals surface area contributed by atoms with Crippen molar-refractivity contribution in [2.24, 2.45) is 0 Å². The maximum Gasteiger partial charge on any atom is 0.412 e. The standard InChI is InChI=1S/C21H20N2O3/c24-20-19(23-21(25)26-15-17-9-5-2-6-10-17)14-13-18(22-20)12-11-16-7-3-1-4-8-16/h1-10,13-14H,11-12,15H2,(H,22,24)(H,23,25). The first-order chi connectivity index (χ1) is 12.7. The van der Waals surface area contributed by atoms with Crippen LogP contribution < -0.4 is 10.9 Å². The number of carbonyl (C=O) groups is 1. The number of hydrogen-bond donors (Lipinski definition) is 2. The zero-order chi connectivity index (χ0) is 18.2. The number of rotatable bonds is 6. The molecule has 1 aromatic heterocycles. The van der Waals surface area contributed by atoms with Crippen LogP contribution in [-0.2, 0) is 24.2 Å². The third-order valence-electron chi connectivity index (χ3n) is 3.95. The first-order valence-corrected chi connectivity index (χ1v) is 8.44. The molecule has 0 aliphatic heterocycles. The Kier molecular flexibility index (Phi) is 5.83. The molecule has 26 heavy (non-hydrogen) atoms. The molecule has 0 aliphatic carbocycles. The number of aromatic amines is 1. The number of hydrogen-bond acceptors (Lipinski definition) is 3. The highest BCUT2D eigenvalue weighted by atomic mass is 16.5. The van der Waals surface area contributed by atoms with Gasteiger partial charge in [0.2, 0.25) is 0 Å². The van der Waals surface area contributed by atoms with Crippen LogP contribution in [0, 0.1) is 0 Å². The third kappa shape index (κ3) is 5.08. The van der Waals surface area contributed by atoms with Crippen molar-refractivity contribution in [2.45, 2.75) is 19.4 Å². The Hall–Kier alpha value is -3.34. The summed E-state index contributed by atoms with van der Waals surface area (Å²) in [5.41, 5.74) is 2.74. The van der Waals surface area contributed by atoms with Gasteiger partial charge in [0.25, 0.3) is 5.56 Å². The summed E-state index contributed by atoms with van der Waals surface area (Å²) in [7, 11) is 0. The lowest BCUT2D eigenvalue weighted by Gasteiger charge is -2.08. The Morgan fingerprint density at radius 3 is 2.15 bits per heavy atom. The smallest absolute Gasteiger partial charge is 0.412 e. The average molecular weight is 348 g/mol. The van der Waals surface area contributed by atoms with E-state index in [0.717, 1.165) is 24.1 Å². The molecule has 0 saturated carbocycles. The van der Waals surface area contributed by atoms with Crippen molar-refractivity contribution in [3.8, 4) is 0 Å². The van der Waals surface area contributed by atoms with Gasteiger partial charge in [0.05, 0.1) is 0 Å². The van der Waals surface area contributed by atoms with Crippen molar-refractivity contribution >= 4 is 11.8 Å². The number of carbonyl (C=O) groups excluding carboxylic acids is 1. The van der Waals surface area contributed by atoms with E-state index in [1.807, 2.05) is 48.5 Å². The van der Waals surface area contributed by atoms with Crippen molar-refractivity contribution in [1.82, 2.24) is 4.98 Å². The molecule has 3 rings (SSSR count). The average Bonchev–Trinajstić information content (AvgIpc) is 2.68. The highest BCUT2D eigenvalue weighted by Gasteiger charge is 2.08. The van der Waals surface area contributed by atoms with E-state index < -0.39 is 6.09 Å². The van der Waals surface area contributed by atoms with Gasteiger partial charge in [-0.25, -0.2) is 4.79 Å². The molecule has 0 radical (unpaired) electrons. The van der Waals surface area contributed by atoms with Crippen molar-refractivity contribution < 1.29 is 9.53 Å². The fourth-order valence-corrected chi connectivity index (χ4v) is 2.55. The van der Waals surface area contributed by atoms with Gasteiger partial charge in [-0.1, -0.05) is 60.7 Å². The number of anilines is 1. The van der Waals surface area contributed by atoms with Gasteiger partial charge in [0.1, 0.15) is 12.3 Å². The van der Waals surface area contributed by atoms with E-state index in [1.54, 1.807) is 12.1 Å². The fourth-order valence-electron chi connectivity index (χ4n) is 2.55. The van der Waals surface area contributed by atoms with E-state index in [9.17, 15) is 9.59 Å². The highest BCUT2D eigenvalue weighted by Crippen LogP contribution is 2.07. The topological polar surface area (TPSA) is 71.2 Å². The molecule has 2 aromatic carbocycles. The SMILES string of the molecule is O=C(Nc1ccc(CCc2ccccc2)[nH]c1=O)OCc1ccccc1. The van der Waals surface area contributed by atoms with Crippen molar-refractivity contribution in [3.05, 3.63) is 100.0 Å². The van der Waals surface area contributed by atoms with Gasteiger partial charge in [-0.15, -0.1) is 0 Å². The van der Waals surface area contributed by atoms with Crippen molar-refractivity contribution in [3.63, 3.8) is 0 Å². The summed E-state index contributed by atoms with van der Waals surface area (Å²) in [6.07, 6.45) is 0.900. The highest BCUT2D eigenvalue weighted by molar-refractivity contribution is 5.84. The first kappa shape index (κ1) is 17.5. The minimum atomic E-state index is -0.656. The van der Waals surface area contributed by atoms with Crippen LogP contribution in [0.1, 0.15) is 16.8 Å². The van der Waals surface area contributed by atoms with Crippen LogP contribution in [-0.4, -0.2) is 11.1 Å². The molecule has 3 aromatic rings. The molecule has 1 amide bonds. The molecule has 2 N–H and O–H groups in total. The Balaban J connectivity index is 1.54. The molecular formula is C21H20N2O3. The third-order valence-corrected chi connectivity index (χ3v) is 3.95. The number of pyridine rings is 1. The number of benzene rings is 2. The minimum Gasteiger partial charge on any atom is -0.444 e. The molecule has 0 aliphatic rings. The fraction of sp³-hybridized carbons (Fsp3) is 0.143. The van der Waals surface area contributed by atoms with Crippen LogP contribution >= 0.6 is 0 Å². The molecule has 0 bridgehead atoms. The van der Waals surface area contributed by atoms with Crippen LogP contribution in [0.5, 0.6) is 0 Å². The summed E-state index contributed by atoms with van der Waals surface area (Å²) in [6, 6.07) is 22.8. The number of aromatic nitrogens is 1. The second kappa shape index (κ2) is 8.67. The lowest BCUT2D eigenvalue weighted by molar-refractivity contribution is 0.155. The number of amides is 1. The minimum absolute atomic E-state index is 0.153. The molecule has 1 heterocycles. The van der Waals surface area contributed by atoms with Gasteiger partial charge in [-0.2, -0.15) is 0 Å². The lowest BCUT2D eigenvalue weighted by atomic mass is 10.1. The van der Waals surface area contributed by atoms with Gasteiger partial charge in [-0.3, -0.25) is 10.1 Å². The molecule has 0 spiro atoms. The molecule has 0 unspecified atom stereocenters. The second-order valence-electron chi connectivity index (χ2n) is 5.90.